The molecule has 1 heterocycles. The van der Waals surface area contributed by atoms with Crippen LogP contribution in [0.5, 0.6) is 0 Å². The average Bonchev–Trinajstić information content (AvgIpc) is 3.04. The molecule has 1 saturated carbocycles. The van der Waals surface area contributed by atoms with E-state index in [4.69, 9.17) is 4.52 Å². The van der Waals surface area contributed by atoms with Crippen molar-refractivity contribution >= 4 is 5.96 Å². The first-order chi connectivity index (χ1) is 11.2. The maximum atomic E-state index is 4.89. The van der Waals surface area contributed by atoms with Gasteiger partial charge in [-0.3, -0.25) is 4.99 Å². The Morgan fingerprint density at radius 3 is 2.65 bits per heavy atom. The number of hydrogen-bond donors (Lipinski definition) is 1. The highest BCUT2D eigenvalue weighted by atomic mass is 16.5. The summed E-state index contributed by atoms with van der Waals surface area (Å²) in [6, 6.07) is 12.7. The quantitative estimate of drug-likeness (QED) is 0.681. The molecule has 0 atom stereocenters. The predicted octanol–water partition coefficient (Wildman–Crippen LogP) is 2.80. The van der Waals surface area contributed by atoms with Crippen molar-refractivity contribution in [2.24, 2.45) is 4.99 Å². The third kappa shape index (κ3) is 3.38. The van der Waals surface area contributed by atoms with Gasteiger partial charge in [0, 0.05) is 32.1 Å². The van der Waals surface area contributed by atoms with Crippen LogP contribution >= 0.6 is 0 Å². The van der Waals surface area contributed by atoms with E-state index in [0.717, 1.165) is 18.2 Å². The van der Waals surface area contributed by atoms with E-state index < -0.39 is 0 Å². The number of rotatable bonds is 5. The lowest BCUT2D eigenvalue weighted by Crippen LogP contribution is -2.49. The molecule has 0 aliphatic heterocycles. The molecular weight excluding hydrogens is 288 g/mol. The standard InChI is InChI=1S/C18H24N4O/c1-19-17(22(2)13-16-9-12-23-21-16)20-14-18(10-6-11-18)15-7-4-3-5-8-15/h3-5,7-9,12H,6,10-11,13-14H2,1-2H3,(H,19,20). The SMILES string of the molecule is CN=C(NCC1(c2ccccc2)CCC1)N(C)Cc1ccon1. The monoisotopic (exact) mass is 312 g/mol. The number of nitrogens with zero attached hydrogens (tertiary/aromatic N) is 3. The summed E-state index contributed by atoms with van der Waals surface area (Å²) in [5, 5.41) is 7.50. The van der Waals surface area contributed by atoms with Crippen molar-refractivity contribution in [2.75, 3.05) is 20.6 Å². The van der Waals surface area contributed by atoms with Crippen molar-refractivity contribution in [3.05, 3.63) is 53.9 Å². The average molecular weight is 312 g/mol. The summed E-state index contributed by atoms with van der Waals surface area (Å²) in [6.07, 6.45) is 5.35. The molecule has 0 spiro atoms. The molecule has 1 fully saturated rings. The Bertz CT molecular complexity index is 632. The van der Waals surface area contributed by atoms with E-state index in [1.807, 2.05) is 20.2 Å². The summed E-state index contributed by atoms with van der Waals surface area (Å²) in [5.41, 5.74) is 2.57. The van der Waals surface area contributed by atoms with Crippen molar-refractivity contribution in [3.63, 3.8) is 0 Å². The largest absolute Gasteiger partial charge is 0.364 e. The Labute approximate surface area is 137 Å². The number of nitrogens with one attached hydrogen (secondary N) is 1. The highest BCUT2D eigenvalue weighted by molar-refractivity contribution is 5.79. The molecule has 3 rings (SSSR count). The number of hydrogen-bond acceptors (Lipinski definition) is 3. The highest BCUT2D eigenvalue weighted by Gasteiger charge is 2.38. The molecule has 1 aliphatic carbocycles. The first kappa shape index (κ1) is 15.6. The minimum Gasteiger partial charge on any atom is -0.364 e. The Hall–Kier alpha value is -2.30. The van der Waals surface area contributed by atoms with Crippen molar-refractivity contribution in [1.82, 2.24) is 15.4 Å². The van der Waals surface area contributed by atoms with Crippen LogP contribution in [-0.2, 0) is 12.0 Å². The second-order valence-electron chi connectivity index (χ2n) is 6.25. The van der Waals surface area contributed by atoms with Crippen LogP contribution in [0.2, 0.25) is 0 Å². The Morgan fingerprint density at radius 1 is 1.30 bits per heavy atom. The van der Waals surface area contributed by atoms with Crippen molar-refractivity contribution in [3.8, 4) is 0 Å². The van der Waals surface area contributed by atoms with Gasteiger partial charge >= 0.3 is 0 Å². The molecule has 0 radical (unpaired) electrons. The van der Waals surface area contributed by atoms with Gasteiger partial charge < -0.3 is 14.7 Å². The minimum atomic E-state index is 0.242. The smallest absolute Gasteiger partial charge is 0.193 e. The first-order valence-electron chi connectivity index (χ1n) is 8.10. The lowest BCUT2D eigenvalue weighted by Gasteiger charge is -2.43. The Kier molecular flexibility index (Phi) is 4.65. The summed E-state index contributed by atoms with van der Waals surface area (Å²) in [5.74, 6) is 0.884. The van der Waals surface area contributed by atoms with E-state index in [1.165, 1.54) is 24.8 Å². The van der Waals surface area contributed by atoms with Gasteiger partial charge in [0.25, 0.3) is 0 Å². The Morgan fingerprint density at radius 2 is 2.09 bits per heavy atom. The topological polar surface area (TPSA) is 53.7 Å². The zero-order chi connectivity index (χ0) is 16.1. The molecule has 1 N–H and O–H groups in total. The van der Waals surface area contributed by atoms with Crippen LogP contribution in [0, 0.1) is 0 Å². The maximum Gasteiger partial charge on any atom is 0.193 e. The molecular formula is C18H24N4O. The molecule has 5 heteroatoms. The van der Waals surface area contributed by atoms with E-state index in [-0.39, 0.29) is 5.41 Å². The predicted molar refractivity (Wildman–Crippen MR) is 91.3 cm³/mol. The van der Waals surface area contributed by atoms with E-state index in [0.29, 0.717) is 6.54 Å². The number of benzene rings is 1. The van der Waals surface area contributed by atoms with Gasteiger partial charge in [-0.2, -0.15) is 0 Å². The Balaban J connectivity index is 1.63. The zero-order valence-electron chi connectivity index (χ0n) is 13.8. The van der Waals surface area contributed by atoms with Crippen LogP contribution in [0.4, 0.5) is 0 Å². The van der Waals surface area contributed by atoms with Crippen LogP contribution < -0.4 is 5.32 Å². The van der Waals surface area contributed by atoms with Crippen LogP contribution in [0.3, 0.4) is 0 Å². The molecule has 2 aromatic rings. The number of aliphatic imine (C=N–C) groups is 1. The molecule has 122 valence electrons. The maximum absolute atomic E-state index is 4.89. The summed E-state index contributed by atoms with van der Waals surface area (Å²) in [4.78, 5) is 6.46. The third-order valence-corrected chi connectivity index (χ3v) is 4.75. The van der Waals surface area contributed by atoms with Crippen molar-refractivity contribution in [1.29, 1.82) is 0 Å². The summed E-state index contributed by atoms with van der Waals surface area (Å²) >= 11 is 0. The van der Waals surface area contributed by atoms with E-state index in [2.05, 4.69) is 50.7 Å². The van der Waals surface area contributed by atoms with Crippen LogP contribution in [-0.4, -0.2) is 36.7 Å². The fourth-order valence-electron chi connectivity index (χ4n) is 3.23. The van der Waals surface area contributed by atoms with Gasteiger partial charge in [-0.05, 0) is 18.4 Å². The molecule has 0 unspecified atom stereocenters. The zero-order valence-corrected chi connectivity index (χ0v) is 13.8. The van der Waals surface area contributed by atoms with Gasteiger partial charge in [-0.25, -0.2) is 0 Å². The van der Waals surface area contributed by atoms with Crippen LogP contribution in [0.1, 0.15) is 30.5 Å². The van der Waals surface area contributed by atoms with Crippen molar-refractivity contribution < 1.29 is 4.52 Å². The highest BCUT2D eigenvalue weighted by Crippen LogP contribution is 2.43. The van der Waals surface area contributed by atoms with Crippen LogP contribution in [0.25, 0.3) is 0 Å². The lowest BCUT2D eigenvalue weighted by molar-refractivity contribution is 0.241. The fourth-order valence-corrected chi connectivity index (χ4v) is 3.23. The van der Waals surface area contributed by atoms with E-state index in [1.54, 1.807) is 6.26 Å². The molecule has 0 bridgehead atoms. The van der Waals surface area contributed by atoms with Gasteiger partial charge in [0.15, 0.2) is 5.96 Å². The molecule has 0 saturated heterocycles. The second kappa shape index (κ2) is 6.86. The second-order valence-corrected chi connectivity index (χ2v) is 6.25. The third-order valence-electron chi connectivity index (χ3n) is 4.75. The first-order valence-corrected chi connectivity index (χ1v) is 8.10. The lowest BCUT2D eigenvalue weighted by atomic mass is 9.64. The molecule has 1 aromatic carbocycles. The van der Waals surface area contributed by atoms with Gasteiger partial charge in [0.05, 0.1) is 6.54 Å². The minimum absolute atomic E-state index is 0.242. The molecule has 1 aromatic heterocycles. The van der Waals surface area contributed by atoms with Gasteiger partial charge in [-0.15, -0.1) is 0 Å². The molecule has 5 nitrogen and oxygen atoms in total. The summed E-state index contributed by atoms with van der Waals surface area (Å²) in [6.45, 7) is 1.58. The van der Waals surface area contributed by atoms with Gasteiger partial charge in [0.2, 0.25) is 0 Å². The number of aromatic nitrogens is 1. The van der Waals surface area contributed by atoms with Gasteiger partial charge in [0.1, 0.15) is 12.0 Å². The van der Waals surface area contributed by atoms with E-state index in [9.17, 15) is 0 Å². The molecule has 0 amide bonds. The molecule has 23 heavy (non-hydrogen) atoms. The van der Waals surface area contributed by atoms with E-state index >= 15 is 0 Å². The fraction of sp³-hybridized carbons (Fsp3) is 0.444. The van der Waals surface area contributed by atoms with Crippen molar-refractivity contribution in [2.45, 2.75) is 31.2 Å². The number of guanidine groups is 1. The molecule has 1 aliphatic rings. The summed E-state index contributed by atoms with van der Waals surface area (Å²) in [7, 11) is 3.83. The van der Waals surface area contributed by atoms with Crippen LogP contribution in [0.15, 0.2) is 52.2 Å². The van der Waals surface area contributed by atoms with Gasteiger partial charge in [-0.1, -0.05) is 41.9 Å². The summed E-state index contributed by atoms with van der Waals surface area (Å²) < 4.78 is 4.89. The normalized spacial score (nSPS) is 16.7.